The van der Waals surface area contributed by atoms with Crippen molar-refractivity contribution in [1.29, 1.82) is 0 Å². The van der Waals surface area contributed by atoms with Crippen molar-refractivity contribution in [2.75, 3.05) is 18.7 Å². The number of nitrogens with one attached hydrogen (secondary N) is 1. The maximum Gasteiger partial charge on any atom is 0.416 e. The fourth-order valence-corrected chi connectivity index (χ4v) is 3.70. The van der Waals surface area contributed by atoms with Gasteiger partial charge in [-0.15, -0.1) is 0 Å². The highest BCUT2D eigenvalue weighted by Gasteiger charge is 2.41. The van der Waals surface area contributed by atoms with Crippen molar-refractivity contribution >= 4 is 11.7 Å². The molecule has 0 saturated carbocycles. The predicted molar refractivity (Wildman–Crippen MR) is 87.4 cm³/mol. The summed E-state index contributed by atoms with van der Waals surface area (Å²) >= 11 is 0. The van der Waals surface area contributed by atoms with E-state index in [4.69, 9.17) is 14.2 Å². The number of benzene rings is 2. The summed E-state index contributed by atoms with van der Waals surface area (Å²) in [6, 6.07) is 5.32. The number of rotatable bonds is 1. The first-order chi connectivity index (χ1) is 13.3. The van der Waals surface area contributed by atoms with Gasteiger partial charge in [-0.3, -0.25) is 0 Å². The molecule has 0 saturated heterocycles. The number of hydrogen-bond donors (Lipinski definition) is 1. The van der Waals surface area contributed by atoms with Crippen molar-refractivity contribution in [3.63, 3.8) is 0 Å². The van der Waals surface area contributed by atoms with E-state index in [1.54, 1.807) is 12.1 Å². The molecule has 1 N–H and O–H groups in total. The number of ether oxygens (including phenoxy) is 3. The summed E-state index contributed by atoms with van der Waals surface area (Å²) in [4.78, 5) is 12.3. The second kappa shape index (κ2) is 5.63. The van der Waals surface area contributed by atoms with E-state index in [2.05, 4.69) is 5.32 Å². The van der Waals surface area contributed by atoms with Gasteiger partial charge in [0.15, 0.2) is 11.5 Å². The first kappa shape index (κ1) is 16.9. The topological polar surface area (TPSA) is 56.8 Å². The van der Waals surface area contributed by atoms with Crippen LogP contribution in [0.1, 0.15) is 22.6 Å². The van der Waals surface area contributed by atoms with E-state index in [0.29, 0.717) is 34.5 Å². The van der Waals surface area contributed by atoms with Gasteiger partial charge in [0.1, 0.15) is 12.4 Å². The first-order valence-corrected chi connectivity index (χ1v) is 8.30. The number of anilines is 1. The molecule has 1 atom stereocenters. The highest BCUT2D eigenvalue weighted by atomic mass is 19.4. The molecule has 144 valence electrons. The third-order valence-corrected chi connectivity index (χ3v) is 4.96. The summed E-state index contributed by atoms with van der Waals surface area (Å²) < 4.78 is 70.0. The number of carbonyl (C=O) groups excluding carboxylic acids is 1. The minimum Gasteiger partial charge on any atom is -0.456 e. The molecule has 0 radical (unpaired) electrons. The SMILES string of the molecule is O=C1OCC2=C1C(c1cc(C(F)(F)F)ccc1F)c1cc3c(cc1N2)OCO3. The molecule has 3 aliphatic rings. The average Bonchev–Trinajstić information content (AvgIpc) is 3.24. The zero-order valence-electron chi connectivity index (χ0n) is 14.0. The van der Waals surface area contributed by atoms with E-state index < -0.39 is 29.4 Å². The Labute approximate surface area is 155 Å². The minimum atomic E-state index is -4.65. The number of cyclic esters (lactones) is 1. The van der Waals surface area contributed by atoms with Crippen LogP contribution < -0.4 is 14.8 Å². The van der Waals surface area contributed by atoms with E-state index >= 15 is 0 Å². The second-order valence-corrected chi connectivity index (χ2v) is 6.55. The Morgan fingerprint density at radius 1 is 1.00 bits per heavy atom. The molecule has 0 aromatic heterocycles. The van der Waals surface area contributed by atoms with E-state index in [1.165, 1.54) is 0 Å². The molecule has 5 rings (SSSR count). The molecule has 0 aliphatic carbocycles. The molecular formula is C19H11F4NO4. The van der Waals surface area contributed by atoms with Gasteiger partial charge in [-0.1, -0.05) is 0 Å². The van der Waals surface area contributed by atoms with Crippen LogP contribution in [0.3, 0.4) is 0 Å². The molecule has 5 nitrogen and oxygen atoms in total. The summed E-state index contributed by atoms with van der Waals surface area (Å²) in [5, 5.41) is 3.04. The normalized spacial score (nSPS) is 19.9. The minimum absolute atomic E-state index is 0.00397. The monoisotopic (exact) mass is 393 g/mol. The van der Waals surface area contributed by atoms with Crippen LogP contribution in [0.4, 0.5) is 23.2 Å². The van der Waals surface area contributed by atoms with Gasteiger partial charge in [-0.2, -0.15) is 13.2 Å². The Kier molecular flexibility index (Phi) is 3.40. The van der Waals surface area contributed by atoms with Crippen LogP contribution >= 0.6 is 0 Å². The van der Waals surface area contributed by atoms with Crippen molar-refractivity contribution in [1.82, 2.24) is 0 Å². The van der Waals surface area contributed by atoms with Crippen LogP contribution in [0.15, 0.2) is 41.6 Å². The molecule has 0 fully saturated rings. The lowest BCUT2D eigenvalue weighted by Crippen LogP contribution is -2.21. The molecule has 9 heteroatoms. The van der Waals surface area contributed by atoms with Crippen LogP contribution in [0.25, 0.3) is 0 Å². The highest BCUT2D eigenvalue weighted by Crippen LogP contribution is 2.49. The number of carbonyl (C=O) groups is 1. The molecular weight excluding hydrogens is 382 g/mol. The van der Waals surface area contributed by atoms with Gasteiger partial charge in [0.05, 0.1) is 16.8 Å². The fraction of sp³-hybridized carbons (Fsp3) is 0.211. The maximum atomic E-state index is 14.7. The smallest absolute Gasteiger partial charge is 0.416 e. The zero-order valence-corrected chi connectivity index (χ0v) is 14.0. The van der Waals surface area contributed by atoms with Crippen LogP contribution in [0.2, 0.25) is 0 Å². The number of alkyl halides is 3. The second-order valence-electron chi connectivity index (χ2n) is 6.55. The van der Waals surface area contributed by atoms with Gasteiger partial charge in [-0.05, 0) is 29.8 Å². The molecule has 0 spiro atoms. The summed E-state index contributed by atoms with van der Waals surface area (Å²) in [7, 11) is 0. The molecule has 0 bridgehead atoms. The van der Waals surface area contributed by atoms with Crippen LogP contribution in [-0.4, -0.2) is 19.4 Å². The molecule has 3 aliphatic heterocycles. The van der Waals surface area contributed by atoms with Crippen molar-refractivity contribution < 1.29 is 36.6 Å². The predicted octanol–water partition coefficient (Wildman–Crippen LogP) is 3.94. The van der Waals surface area contributed by atoms with Crippen LogP contribution in [0, 0.1) is 5.82 Å². The Balaban J connectivity index is 1.75. The van der Waals surface area contributed by atoms with Gasteiger partial charge in [-0.25, -0.2) is 9.18 Å². The Morgan fingerprint density at radius 2 is 1.75 bits per heavy atom. The Morgan fingerprint density at radius 3 is 2.50 bits per heavy atom. The highest BCUT2D eigenvalue weighted by molar-refractivity contribution is 5.97. The standard InChI is InChI=1S/C19H11F4NO4/c20-11-2-1-8(19(21,22)23)3-9(11)16-10-4-14-15(28-7-27-14)5-12(10)24-13-6-26-18(25)17(13)16/h1-5,16,24H,6-7H2. The third-order valence-electron chi connectivity index (χ3n) is 4.96. The fourth-order valence-electron chi connectivity index (χ4n) is 3.70. The van der Waals surface area contributed by atoms with Gasteiger partial charge in [0, 0.05) is 23.2 Å². The van der Waals surface area contributed by atoms with Crippen LogP contribution in [-0.2, 0) is 15.7 Å². The third kappa shape index (κ3) is 2.42. The van der Waals surface area contributed by atoms with Gasteiger partial charge < -0.3 is 19.5 Å². The average molecular weight is 393 g/mol. The number of esters is 1. The summed E-state index contributed by atoms with van der Waals surface area (Å²) in [5.74, 6) is -1.81. The van der Waals surface area contributed by atoms with Crippen molar-refractivity contribution in [2.24, 2.45) is 0 Å². The number of fused-ring (bicyclic) bond motifs is 2. The molecule has 2 aromatic carbocycles. The molecule has 3 heterocycles. The largest absolute Gasteiger partial charge is 0.456 e. The zero-order chi connectivity index (χ0) is 19.6. The lowest BCUT2D eigenvalue weighted by Gasteiger charge is -2.28. The molecule has 28 heavy (non-hydrogen) atoms. The maximum absolute atomic E-state index is 14.7. The Bertz CT molecular complexity index is 1060. The molecule has 1 unspecified atom stereocenters. The Hall–Kier alpha value is -3.23. The lowest BCUT2D eigenvalue weighted by atomic mass is 9.80. The number of halogens is 4. The van der Waals surface area contributed by atoms with Gasteiger partial charge in [0.25, 0.3) is 0 Å². The van der Waals surface area contributed by atoms with E-state index in [0.717, 1.165) is 12.1 Å². The lowest BCUT2D eigenvalue weighted by molar-refractivity contribution is -0.137. The molecule has 0 amide bonds. The van der Waals surface area contributed by atoms with Crippen molar-refractivity contribution in [3.8, 4) is 11.5 Å². The summed E-state index contributed by atoms with van der Waals surface area (Å²) in [6.45, 7) is -0.0743. The van der Waals surface area contributed by atoms with Crippen LogP contribution in [0.5, 0.6) is 11.5 Å². The van der Waals surface area contributed by atoms with Gasteiger partial charge >= 0.3 is 12.1 Å². The van der Waals surface area contributed by atoms with Crippen molar-refractivity contribution in [2.45, 2.75) is 12.1 Å². The van der Waals surface area contributed by atoms with Crippen molar-refractivity contribution in [3.05, 3.63) is 64.1 Å². The quantitative estimate of drug-likeness (QED) is 0.588. The van der Waals surface area contributed by atoms with E-state index in [9.17, 15) is 22.4 Å². The van der Waals surface area contributed by atoms with E-state index in [1.807, 2.05) is 0 Å². The summed E-state index contributed by atoms with van der Waals surface area (Å²) in [6.07, 6.45) is -4.65. The summed E-state index contributed by atoms with van der Waals surface area (Å²) in [5.41, 5.74) is 0.104. The van der Waals surface area contributed by atoms with E-state index in [-0.39, 0.29) is 24.5 Å². The molecule has 2 aromatic rings. The van der Waals surface area contributed by atoms with Gasteiger partial charge in [0.2, 0.25) is 6.79 Å². The first-order valence-electron chi connectivity index (χ1n) is 8.30. The number of hydrogen-bond acceptors (Lipinski definition) is 5.